The first kappa shape index (κ1) is 26.0. The monoisotopic (exact) mass is 468 g/mol. The molecule has 0 radical (unpaired) electrons. The molecule has 2 amide bonds. The first-order valence-corrected chi connectivity index (χ1v) is 12.7. The van der Waals surface area contributed by atoms with Crippen molar-refractivity contribution >= 4 is 35.0 Å². The van der Waals surface area contributed by atoms with Crippen LogP contribution in [0.5, 0.6) is 0 Å². The van der Waals surface area contributed by atoms with Crippen molar-refractivity contribution in [1.29, 1.82) is 0 Å². The molecule has 4 nitrogen and oxygen atoms in total. The van der Waals surface area contributed by atoms with E-state index in [2.05, 4.69) is 26.1 Å². The Kier molecular flexibility index (Phi) is 11.2. The summed E-state index contributed by atoms with van der Waals surface area (Å²) in [5, 5.41) is 3.87. The second-order valence-corrected chi connectivity index (χ2v) is 9.63. The van der Waals surface area contributed by atoms with Crippen LogP contribution in [-0.4, -0.2) is 35.2 Å². The second kappa shape index (κ2) is 13.3. The van der Waals surface area contributed by atoms with Crippen molar-refractivity contribution in [3.8, 4) is 0 Å². The van der Waals surface area contributed by atoms with Crippen LogP contribution < -0.4 is 5.32 Å². The van der Waals surface area contributed by atoms with Gasteiger partial charge in [0.25, 0.3) is 0 Å². The lowest BCUT2D eigenvalue weighted by Gasteiger charge is -2.36. The predicted molar refractivity (Wildman–Crippen MR) is 129 cm³/mol. The summed E-state index contributed by atoms with van der Waals surface area (Å²) >= 11 is 12.1. The molecule has 4 atom stereocenters. The summed E-state index contributed by atoms with van der Waals surface area (Å²) in [7, 11) is 0. The van der Waals surface area contributed by atoms with E-state index in [0.717, 1.165) is 50.5 Å². The van der Waals surface area contributed by atoms with Crippen molar-refractivity contribution in [2.75, 3.05) is 12.4 Å². The molecule has 0 aliphatic heterocycles. The summed E-state index contributed by atoms with van der Waals surface area (Å²) in [5.74, 6) is 0.312. The largest absolute Gasteiger partial charge is 0.351 e. The summed E-state index contributed by atoms with van der Waals surface area (Å²) in [6.45, 7) is 7.04. The van der Waals surface area contributed by atoms with Crippen molar-refractivity contribution in [1.82, 2.24) is 10.2 Å². The number of carbonyl (C=O) groups is 2. The summed E-state index contributed by atoms with van der Waals surface area (Å²) in [4.78, 5) is 28.3. The molecule has 1 aromatic carbocycles. The van der Waals surface area contributed by atoms with E-state index in [9.17, 15) is 9.59 Å². The van der Waals surface area contributed by atoms with Crippen molar-refractivity contribution < 1.29 is 9.59 Å². The first-order chi connectivity index (χ1) is 14.9. The molecule has 6 heteroatoms. The number of rotatable bonds is 11. The number of alkyl halides is 1. The number of hydrogen-bond donors (Lipinski definition) is 1. The fourth-order valence-electron chi connectivity index (χ4n) is 4.53. The highest BCUT2D eigenvalue weighted by Crippen LogP contribution is 2.29. The molecule has 1 saturated carbocycles. The minimum Gasteiger partial charge on any atom is -0.351 e. The van der Waals surface area contributed by atoms with Gasteiger partial charge >= 0.3 is 0 Å². The summed E-state index contributed by atoms with van der Waals surface area (Å²) in [5.41, 5.74) is 0.772. The maximum absolute atomic E-state index is 13.6. The zero-order valence-electron chi connectivity index (χ0n) is 19.2. The number of halogens is 2. The van der Waals surface area contributed by atoms with E-state index in [1.54, 1.807) is 17.0 Å². The van der Waals surface area contributed by atoms with Crippen LogP contribution in [0, 0.1) is 11.8 Å². The Labute approximate surface area is 198 Å². The number of unbranched alkanes of at least 4 members (excludes halogenated alkanes) is 1. The zero-order chi connectivity index (χ0) is 22.8. The van der Waals surface area contributed by atoms with E-state index >= 15 is 0 Å². The molecule has 1 aromatic rings. The average molecular weight is 469 g/mol. The second-order valence-electron chi connectivity index (χ2n) is 8.93. The van der Waals surface area contributed by atoms with Crippen molar-refractivity contribution in [3.63, 3.8) is 0 Å². The van der Waals surface area contributed by atoms with Crippen LogP contribution in [0.4, 0.5) is 0 Å². The summed E-state index contributed by atoms with van der Waals surface area (Å²) in [6, 6.07) is 6.69. The topological polar surface area (TPSA) is 49.4 Å². The van der Waals surface area contributed by atoms with Crippen LogP contribution in [0.25, 0.3) is 0 Å². The highest BCUT2D eigenvalue weighted by atomic mass is 35.5. The number of amides is 2. The molecule has 31 heavy (non-hydrogen) atoms. The van der Waals surface area contributed by atoms with Gasteiger partial charge in [-0.25, -0.2) is 0 Å². The fourth-order valence-corrected chi connectivity index (χ4v) is 4.81. The van der Waals surface area contributed by atoms with Gasteiger partial charge in [0.2, 0.25) is 11.8 Å². The lowest BCUT2D eigenvalue weighted by molar-refractivity contribution is -0.140. The zero-order valence-corrected chi connectivity index (χ0v) is 20.7. The average Bonchev–Trinajstić information content (AvgIpc) is 2.77. The van der Waals surface area contributed by atoms with Crippen LogP contribution in [0.1, 0.15) is 83.7 Å². The van der Waals surface area contributed by atoms with Gasteiger partial charge in [-0.2, -0.15) is 0 Å². The van der Waals surface area contributed by atoms with E-state index in [1.807, 2.05) is 12.1 Å². The third kappa shape index (κ3) is 7.68. The first-order valence-electron chi connectivity index (χ1n) is 11.8. The molecule has 1 N–H and O–H groups in total. The van der Waals surface area contributed by atoms with E-state index in [4.69, 9.17) is 23.2 Å². The van der Waals surface area contributed by atoms with E-state index < -0.39 is 6.04 Å². The van der Waals surface area contributed by atoms with Crippen molar-refractivity contribution in [2.24, 2.45) is 11.8 Å². The molecule has 0 heterocycles. The maximum atomic E-state index is 13.6. The van der Waals surface area contributed by atoms with E-state index in [-0.39, 0.29) is 23.7 Å². The van der Waals surface area contributed by atoms with E-state index in [0.29, 0.717) is 23.4 Å². The van der Waals surface area contributed by atoms with Gasteiger partial charge in [0.05, 0.1) is 0 Å². The third-order valence-corrected chi connectivity index (χ3v) is 7.10. The lowest BCUT2D eigenvalue weighted by atomic mass is 9.85. The molecular weight excluding hydrogens is 431 g/mol. The summed E-state index contributed by atoms with van der Waals surface area (Å²) in [6.07, 6.45) is 8.65. The van der Waals surface area contributed by atoms with Gasteiger partial charge in [-0.3, -0.25) is 9.59 Å². The molecule has 0 bridgehead atoms. The SMILES string of the molecule is CCCC[C@H](CC)CN(C(=O)CCl)[C@H](C(=O)N[C@@H]1CCCC[C@H]1C)c1ccc(Cl)cc1. The Morgan fingerprint density at radius 1 is 1.16 bits per heavy atom. The van der Waals surface area contributed by atoms with Gasteiger partial charge in [-0.05, 0) is 48.8 Å². The smallest absolute Gasteiger partial charge is 0.247 e. The van der Waals surface area contributed by atoms with Crippen LogP contribution >= 0.6 is 23.2 Å². The molecule has 0 saturated heterocycles. The molecule has 0 unspecified atom stereocenters. The standard InChI is InChI=1S/C25H38Cl2N2O2/c1-4-6-10-19(5-2)17-29(23(30)16-26)24(20-12-14-21(27)15-13-20)25(31)28-22-11-8-7-9-18(22)3/h12-15,18-19,22,24H,4-11,16-17H2,1-3H3,(H,28,31)/t18-,19+,22-,24+/m1/s1. The predicted octanol–water partition coefficient (Wildman–Crippen LogP) is 6.36. The Morgan fingerprint density at radius 3 is 2.42 bits per heavy atom. The molecule has 0 aromatic heterocycles. The van der Waals surface area contributed by atoms with Crippen LogP contribution in [0.15, 0.2) is 24.3 Å². The Bertz CT molecular complexity index is 695. The number of hydrogen-bond acceptors (Lipinski definition) is 2. The van der Waals surface area contributed by atoms with Gasteiger partial charge in [0, 0.05) is 17.6 Å². The van der Waals surface area contributed by atoms with Gasteiger partial charge in [0.15, 0.2) is 0 Å². The molecule has 1 aliphatic carbocycles. The lowest BCUT2D eigenvalue weighted by Crippen LogP contribution is -2.50. The van der Waals surface area contributed by atoms with Gasteiger partial charge in [-0.15, -0.1) is 11.6 Å². The highest BCUT2D eigenvalue weighted by Gasteiger charge is 2.34. The van der Waals surface area contributed by atoms with Crippen molar-refractivity contribution in [2.45, 2.75) is 84.2 Å². The Balaban J connectivity index is 2.34. The number of benzene rings is 1. The number of nitrogens with zero attached hydrogens (tertiary/aromatic N) is 1. The van der Waals surface area contributed by atoms with Crippen molar-refractivity contribution in [3.05, 3.63) is 34.9 Å². The van der Waals surface area contributed by atoms with Gasteiger partial charge in [-0.1, -0.05) is 76.6 Å². The van der Waals surface area contributed by atoms with Gasteiger partial charge < -0.3 is 10.2 Å². The Morgan fingerprint density at radius 2 is 1.84 bits per heavy atom. The normalized spacial score (nSPS) is 20.7. The quantitative estimate of drug-likeness (QED) is 0.384. The number of carbonyl (C=O) groups excluding carboxylic acids is 2. The molecule has 1 aliphatic rings. The number of nitrogens with one attached hydrogen (secondary N) is 1. The fraction of sp³-hybridized carbons (Fsp3) is 0.680. The third-order valence-electron chi connectivity index (χ3n) is 6.62. The minimum atomic E-state index is -0.701. The molecular formula is C25H38Cl2N2O2. The van der Waals surface area contributed by atoms with Crippen LogP contribution in [0.3, 0.4) is 0 Å². The molecule has 1 fully saturated rings. The summed E-state index contributed by atoms with van der Waals surface area (Å²) < 4.78 is 0. The highest BCUT2D eigenvalue weighted by molar-refractivity contribution is 6.30. The van der Waals surface area contributed by atoms with Crippen LogP contribution in [-0.2, 0) is 9.59 Å². The maximum Gasteiger partial charge on any atom is 0.247 e. The molecule has 2 rings (SSSR count). The van der Waals surface area contributed by atoms with E-state index in [1.165, 1.54) is 6.42 Å². The minimum absolute atomic E-state index is 0.120. The molecule has 0 spiro atoms. The van der Waals surface area contributed by atoms with Gasteiger partial charge in [0.1, 0.15) is 11.9 Å². The van der Waals surface area contributed by atoms with Crippen LogP contribution in [0.2, 0.25) is 5.02 Å². The molecule has 174 valence electrons. The Hall–Kier alpha value is -1.26.